The van der Waals surface area contributed by atoms with Crippen LogP contribution in [-0.2, 0) is 0 Å². The van der Waals surface area contributed by atoms with Crippen molar-refractivity contribution >= 4 is 5.78 Å². The number of aliphatic hydroxyl groups excluding tert-OH is 1. The number of aliphatic hydroxyl groups is 1. The Balaban J connectivity index is 2.29. The summed E-state index contributed by atoms with van der Waals surface area (Å²) in [6.45, 7) is 0. The zero-order valence-electron chi connectivity index (χ0n) is 10.3. The second-order valence-corrected chi connectivity index (χ2v) is 4.02. The third-order valence-corrected chi connectivity index (χ3v) is 2.81. The van der Waals surface area contributed by atoms with Gasteiger partial charge in [-0.3, -0.25) is 4.79 Å². The molecule has 0 aliphatic carbocycles. The molecule has 0 amide bonds. The summed E-state index contributed by atoms with van der Waals surface area (Å²) in [7, 11) is 1.41. The zero-order chi connectivity index (χ0) is 13.8. The highest BCUT2D eigenvalue weighted by Gasteiger charge is 2.22. The van der Waals surface area contributed by atoms with Crippen molar-refractivity contribution in [3.8, 4) is 5.75 Å². The van der Waals surface area contributed by atoms with Crippen LogP contribution in [0.15, 0.2) is 48.5 Å². The van der Waals surface area contributed by atoms with Crippen LogP contribution in [0, 0.1) is 5.82 Å². The lowest BCUT2D eigenvalue weighted by molar-refractivity contribution is 0.0743. The van der Waals surface area contributed by atoms with Crippen LogP contribution >= 0.6 is 0 Å². The molecule has 0 radical (unpaired) electrons. The summed E-state index contributed by atoms with van der Waals surface area (Å²) < 4.78 is 18.6. The molecular formula is C15H13FO3. The number of ether oxygens (including phenoxy) is 1. The second-order valence-electron chi connectivity index (χ2n) is 4.02. The van der Waals surface area contributed by atoms with Crippen LogP contribution in [0.1, 0.15) is 22.0 Å². The number of carbonyl (C=O) groups is 1. The highest BCUT2D eigenvalue weighted by molar-refractivity contribution is 6.00. The molecule has 0 aliphatic rings. The van der Waals surface area contributed by atoms with Crippen LogP contribution < -0.4 is 4.74 Å². The van der Waals surface area contributed by atoms with Gasteiger partial charge in [-0.15, -0.1) is 0 Å². The molecule has 0 bridgehead atoms. The van der Waals surface area contributed by atoms with Gasteiger partial charge in [0.1, 0.15) is 17.7 Å². The van der Waals surface area contributed by atoms with Crippen molar-refractivity contribution < 1.29 is 19.0 Å². The van der Waals surface area contributed by atoms with E-state index in [0.717, 1.165) is 6.07 Å². The molecule has 4 heteroatoms. The predicted octanol–water partition coefficient (Wildman–Crippen LogP) is 2.75. The number of methoxy groups -OCH3 is 1. The average molecular weight is 260 g/mol. The minimum atomic E-state index is -1.37. The number of hydrogen-bond donors (Lipinski definition) is 1. The Morgan fingerprint density at radius 2 is 1.89 bits per heavy atom. The number of Topliss-reactive ketones (excluding diaryl/α,β-unsaturated/α-hetero) is 1. The Morgan fingerprint density at radius 3 is 2.47 bits per heavy atom. The first-order valence-electron chi connectivity index (χ1n) is 5.74. The topological polar surface area (TPSA) is 46.5 Å². The summed E-state index contributed by atoms with van der Waals surface area (Å²) in [4.78, 5) is 12.0. The SMILES string of the molecule is COc1ccc(C(=O)C(O)c2ccccc2)c(F)c1. The van der Waals surface area contributed by atoms with Crippen molar-refractivity contribution in [1.82, 2.24) is 0 Å². The minimum absolute atomic E-state index is 0.155. The van der Waals surface area contributed by atoms with Gasteiger partial charge < -0.3 is 9.84 Å². The smallest absolute Gasteiger partial charge is 0.198 e. The van der Waals surface area contributed by atoms with Crippen molar-refractivity contribution in [3.63, 3.8) is 0 Å². The van der Waals surface area contributed by atoms with Gasteiger partial charge in [-0.05, 0) is 17.7 Å². The number of benzene rings is 2. The molecule has 0 fully saturated rings. The third-order valence-electron chi connectivity index (χ3n) is 2.81. The van der Waals surface area contributed by atoms with E-state index in [1.165, 1.54) is 19.2 Å². The number of carbonyl (C=O) groups excluding carboxylic acids is 1. The van der Waals surface area contributed by atoms with Crippen molar-refractivity contribution in [2.24, 2.45) is 0 Å². The first-order chi connectivity index (χ1) is 9.13. The highest BCUT2D eigenvalue weighted by Crippen LogP contribution is 2.22. The summed E-state index contributed by atoms with van der Waals surface area (Å²) in [6.07, 6.45) is -1.37. The quantitative estimate of drug-likeness (QED) is 0.860. The maximum atomic E-state index is 13.8. The van der Waals surface area contributed by atoms with Crippen LogP contribution in [0.4, 0.5) is 4.39 Å². The van der Waals surface area contributed by atoms with Gasteiger partial charge in [0.25, 0.3) is 0 Å². The highest BCUT2D eigenvalue weighted by atomic mass is 19.1. The molecule has 1 atom stereocenters. The van der Waals surface area contributed by atoms with E-state index in [1.54, 1.807) is 30.3 Å². The first-order valence-corrected chi connectivity index (χ1v) is 5.74. The predicted molar refractivity (Wildman–Crippen MR) is 68.7 cm³/mol. The summed E-state index contributed by atoms with van der Waals surface area (Å²) in [5, 5.41) is 9.95. The van der Waals surface area contributed by atoms with Crippen LogP contribution in [0.5, 0.6) is 5.75 Å². The van der Waals surface area contributed by atoms with Crippen molar-refractivity contribution in [3.05, 3.63) is 65.5 Å². The largest absolute Gasteiger partial charge is 0.497 e. The fourth-order valence-corrected chi connectivity index (χ4v) is 1.76. The number of ketones is 1. The lowest BCUT2D eigenvalue weighted by atomic mass is 9.99. The van der Waals surface area contributed by atoms with E-state index in [2.05, 4.69) is 0 Å². The molecule has 0 heterocycles. The maximum Gasteiger partial charge on any atom is 0.198 e. The molecular weight excluding hydrogens is 247 g/mol. The fourth-order valence-electron chi connectivity index (χ4n) is 1.76. The van der Waals surface area contributed by atoms with E-state index in [9.17, 15) is 14.3 Å². The molecule has 0 spiro atoms. The van der Waals surface area contributed by atoms with E-state index in [1.807, 2.05) is 0 Å². The fraction of sp³-hybridized carbons (Fsp3) is 0.133. The van der Waals surface area contributed by atoms with E-state index in [-0.39, 0.29) is 5.56 Å². The van der Waals surface area contributed by atoms with Crippen LogP contribution in [0.3, 0.4) is 0 Å². The van der Waals surface area contributed by atoms with Crippen molar-refractivity contribution in [1.29, 1.82) is 0 Å². The zero-order valence-corrected chi connectivity index (χ0v) is 10.3. The van der Waals surface area contributed by atoms with Gasteiger partial charge in [0.15, 0.2) is 5.78 Å². The third kappa shape index (κ3) is 2.80. The van der Waals surface area contributed by atoms with E-state index >= 15 is 0 Å². The van der Waals surface area contributed by atoms with Gasteiger partial charge >= 0.3 is 0 Å². The minimum Gasteiger partial charge on any atom is -0.497 e. The van der Waals surface area contributed by atoms with Crippen molar-refractivity contribution in [2.75, 3.05) is 7.11 Å². The monoisotopic (exact) mass is 260 g/mol. The lowest BCUT2D eigenvalue weighted by Crippen LogP contribution is -2.13. The van der Waals surface area contributed by atoms with E-state index < -0.39 is 17.7 Å². The molecule has 3 nitrogen and oxygen atoms in total. The molecule has 2 rings (SSSR count). The van der Waals surface area contributed by atoms with Crippen LogP contribution in [-0.4, -0.2) is 18.0 Å². The molecule has 0 saturated carbocycles. The molecule has 1 N–H and O–H groups in total. The molecule has 19 heavy (non-hydrogen) atoms. The number of halogens is 1. The number of hydrogen-bond acceptors (Lipinski definition) is 3. The van der Waals surface area contributed by atoms with Crippen LogP contribution in [0.25, 0.3) is 0 Å². The van der Waals surface area contributed by atoms with Gasteiger partial charge in [0.2, 0.25) is 0 Å². The molecule has 98 valence electrons. The summed E-state index contributed by atoms with van der Waals surface area (Å²) in [5.74, 6) is -1.06. The van der Waals surface area contributed by atoms with Gasteiger partial charge in [-0.1, -0.05) is 30.3 Å². The molecule has 2 aromatic carbocycles. The Bertz CT molecular complexity index is 581. The Labute approximate surface area is 110 Å². The molecule has 0 aliphatic heterocycles. The Kier molecular flexibility index (Phi) is 3.92. The van der Waals surface area contributed by atoms with E-state index in [0.29, 0.717) is 11.3 Å². The van der Waals surface area contributed by atoms with Crippen LogP contribution in [0.2, 0.25) is 0 Å². The molecule has 1 unspecified atom stereocenters. The summed E-state index contributed by atoms with van der Waals surface area (Å²) in [5.41, 5.74) is 0.278. The van der Waals surface area contributed by atoms with Crippen molar-refractivity contribution in [2.45, 2.75) is 6.10 Å². The number of rotatable bonds is 4. The molecule has 2 aromatic rings. The maximum absolute atomic E-state index is 13.8. The molecule has 0 saturated heterocycles. The summed E-state index contributed by atoms with van der Waals surface area (Å²) in [6, 6.07) is 12.3. The van der Waals surface area contributed by atoms with Gasteiger partial charge in [0, 0.05) is 6.07 Å². The van der Waals surface area contributed by atoms with Gasteiger partial charge in [0.05, 0.1) is 12.7 Å². The molecule has 0 aromatic heterocycles. The second kappa shape index (κ2) is 5.63. The average Bonchev–Trinajstić information content (AvgIpc) is 2.46. The van der Waals surface area contributed by atoms with E-state index in [4.69, 9.17) is 4.74 Å². The Morgan fingerprint density at radius 1 is 1.21 bits per heavy atom. The van der Waals surface area contributed by atoms with Gasteiger partial charge in [-0.25, -0.2) is 4.39 Å². The van der Waals surface area contributed by atoms with Gasteiger partial charge in [-0.2, -0.15) is 0 Å². The first kappa shape index (κ1) is 13.2. The standard InChI is InChI=1S/C15H13FO3/c1-19-11-7-8-12(13(16)9-11)15(18)14(17)10-5-3-2-4-6-10/h2-9,14,17H,1H3. The summed E-state index contributed by atoms with van der Waals surface area (Å²) >= 11 is 0. The normalized spacial score (nSPS) is 11.9. The lowest BCUT2D eigenvalue weighted by Gasteiger charge is -2.11. The Hall–Kier alpha value is -2.20.